The minimum Gasteiger partial charge on any atom is -0.507 e. The molecule has 0 radical (unpaired) electrons. The third-order valence-electron chi connectivity index (χ3n) is 6.31. The average Bonchev–Trinajstić information content (AvgIpc) is 3.07. The molecule has 0 aromatic heterocycles. The number of carboxylic acid groups (broad SMARTS) is 1. The van der Waals surface area contributed by atoms with Gasteiger partial charge < -0.3 is 30.1 Å². The third kappa shape index (κ3) is 3.92. The van der Waals surface area contributed by atoms with E-state index in [1.807, 2.05) is 0 Å². The highest BCUT2D eigenvalue weighted by molar-refractivity contribution is 6.31. The number of aliphatic carboxylic acids is 1. The molecule has 4 N–H and O–H groups in total. The van der Waals surface area contributed by atoms with Crippen LogP contribution in [0.15, 0.2) is 23.1 Å². The number of phenols is 2. The molecular weight excluding hydrogens is 462 g/mol. The number of rotatable bonds is 7. The number of hydrogen-bond acceptors (Lipinski definition) is 10. The Hall–Kier alpha value is -4.15. The van der Waals surface area contributed by atoms with E-state index in [-0.39, 0.29) is 52.3 Å². The number of carbonyl (C=O) groups is 5. The smallest absolute Gasteiger partial charge is 0.326 e. The number of benzene rings is 1. The molecule has 3 rings (SSSR count). The zero-order valence-electron chi connectivity index (χ0n) is 19.8. The Kier molecular flexibility index (Phi) is 6.47. The summed E-state index contributed by atoms with van der Waals surface area (Å²) in [5, 5.41) is 33.4. The molecule has 11 nitrogen and oxygen atoms in total. The predicted molar refractivity (Wildman–Crippen MR) is 119 cm³/mol. The van der Waals surface area contributed by atoms with E-state index in [4.69, 9.17) is 4.74 Å². The number of carbonyl (C=O) groups excluding carboxylic acids is 4. The molecule has 186 valence electrons. The highest BCUT2D eigenvalue weighted by atomic mass is 16.5. The van der Waals surface area contributed by atoms with Crippen molar-refractivity contribution in [3.63, 3.8) is 0 Å². The molecule has 0 unspecified atom stereocenters. The second-order valence-electron chi connectivity index (χ2n) is 8.54. The summed E-state index contributed by atoms with van der Waals surface area (Å²) in [5.74, 6) is -5.41. The third-order valence-corrected chi connectivity index (χ3v) is 6.31. The molecule has 11 heteroatoms. The summed E-state index contributed by atoms with van der Waals surface area (Å²) in [5.41, 5.74) is -2.50. The second-order valence-corrected chi connectivity index (χ2v) is 8.54. The molecule has 0 amide bonds. The monoisotopic (exact) mass is 487 g/mol. The van der Waals surface area contributed by atoms with Gasteiger partial charge in [0.15, 0.2) is 17.3 Å². The van der Waals surface area contributed by atoms with Crippen LogP contribution in [0.3, 0.4) is 0 Å². The average molecular weight is 487 g/mol. The van der Waals surface area contributed by atoms with Crippen LogP contribution in [-0.4, -0.2) is 57.8 Å². The molecule has 0 saturated carbocycles. The maximum absolute atomic E-state index is 13.7. The number of methoxy groups -OCH3 is 1. The largest absolute Gasteiger partial charge is 0.507 e. The van der Waals surface area contributed by atoms with Crippen LogP contribution in [0.25, 0.3) is 0 Å². The van der Waals surface area contributed by atoms with Crippen molar-refractivity contribution >= 4 is 29.3 Å². The van der Waals surface area contributed by atoms with E-state index in [2.05, 4.69) is 10.1 Å². The Morgan fingerprint density at radius 2 is 1.80 bits per heavy atom. The minimum absolute atomic E-state index is 0.0427. The van der Waals surface area contributed by atoms with Crippen molar-refractivity contribution < 1.29 is 48.8 Å². The van der Waals surface area contributed by atoms with Crippen molar-refractivity contribution in [3.8, 4) is 17.2 Å². The number of hydrogen-bond donors (Lipinski definition) is 4. The first kappa shape index (κ1) is 25.5. The SMILES string of the molecule is COC(=O)CC[C@H](N/C(C)=C1\C(=O)C=C2Oc3c(C(C)=O)c(O)c(C)c(O)c3[C@@]2(C)C1=O)C(=O)O. The van der Waals surface area contributed by atoms with E-state index in [0.29, 0.717) is 0 Å². The highest BCUT2D eigenvalue weighted by Gasteiger charge is 2.56. The molecule has 0 spiro atoms. The molecular formula is C24H25NO10. The number of Topliss-reactive ketones (excluding diaryl/α,β-unsaturated/α-hetero) is 2. The van der Waals surface area contributed by atoms with Crippen LogP contribution < -0.4 is 10.1 Å². The van der Waals surface area contributed by atoms with Gasteiger partial charge in [-0.1, -0.05) is 0 Å². The van der Waals surface area contributed by atoms with Crippen molar-refractivity contribution in [2.75, 3.05) is 7.11 Å². The lowest BCUT2D eigenvalue weighted by Gasteiger charge is -2.29. The predicted octanol–water partition coefficient (Wildman–Crippen LogP) is 1.56. The van der Waals surface area contributed by atoms with Gasteiger partial charge in [0, 0.05) is 23.8 Å². The summed E-state index contributed by atoms with van der Waals surface area (Å²) in [6.45, 7) is 5.30. The number of carboxylic acids is 1. The number of aromatic hydroxyl groups is 2. The van der Waals surface area contributed by atoms with Crippen LogP contribution in [0.1, 0.15) is 55.1 Å². The summed E-state index contributed by atoms with van der Waals surface area (Å²) >= 11 is 0. The van der Waals surface area contributed by atoms with Crippen LogP contribution in [-0.2, 0) is 29.3 Å². The van der Waals surface area contributed by atoms with Crippen LogP contribution in [0.2, 0.25) is 0 Å². The van der Waals surface area contributed by atoms with E-state index in [9.17, 15) is 39.3 Å². The van der Waals surface area contributed by atoms with Gasteiger partial charge in [-0.15, -0.1) is 0 Å². The topological polar surface area (TPSA) is 177 Å². The van der Waals surface area contributed by atoms with Gasteiger partial charge >= 0.3 is 11.9 Å². The van der Waals surface area contributed by atoms with Gasteiger partial charge in [0.2, 0.25) is 0 Å². The molecule has 2 aliphatic rings. The lowest BCUT2D eigenvalue weighted by Crippen LogP contribution is -2.43. The summed E-state index contributed by atoms with van der Waals surface area (Å²) in [6.07, 6.45) is 0.654. The normalized spacial score (nSPS) is 20.8. The summed E-state index contributed by atoms with van der Waals surface area (Å²) in [4.78, 5) is 62.0. The maximum atomic E-state index is 13.7. The van der Waals surface area contributed by atoms with E-state index >= 15 is 0 Å². The molecule has 0 saturated heterocycles. The number of ketones is 3. The summed E-state index contributed by atoms with van der Waals surface area (Å²) in [7, 11) is 1.17. The first-order valence-electron chi connectivity index (χ1n) is 10.6. The molecule has 1 aliphatic carbocycles. The maximum Gasteiger partial charge on any atom is 0.326 e. The summed E-state index contributed by atoms with van der Waals surface area (Å²) < 4.78 is 10.2. The number of allylic oxidation sites excluding steroid dienone is 4. The zero-order valence-corrected chi connectivity index (χ0v) is 19.8. The Labute approximate surface area is 200 Å². The molecule has 1 aromatic rings. The van der Waals surface area contributed by atoms with Gasteiger partial charge in [0.1, 0.15) is 40.0 Å². The van der Waals surface area contributed by atoms with Gasteiger partial charge in [-0.25, -0.2) is 4.79 Å². The van der Waals surface area contributed by atoms with Crippen molar-refractivity contribution in [1.82, 2.24) is 5.32 Å². The number of ether oxygens (including phenoxy) is 2. The van der Waals surface area contributed by atoms with Crippen LogP contribution in [0, 0.1) is 6.92 Å². The van der Waals surface area contributed by atoms with Gasteiger partial charge in [-0.05, 0) is 34.1 Å². The molecule has 2 atom stereocenters. The molecule has 0 bridgehead atoms. The quantitative estimate of drug-likeness (QED) is 0.190. The number of esters is 1. The molecule has 35 heavy (non-hydrogen) atoms. The molecule has 1 aliphatic heterocycles. The minimum atomic E-state index is -1.72. The zero-order chi connectivity index (χ0) is 26.4. The van der Waals surface area contributed by atoms with E-state index in [0.717, 1.165) is 6.08 Å². The fraction of sp³-hybridized carbons (Fsp3) is 0.375. The molecule has 1 heterocycles. The lowest BCUT2D eigenvalue weighted by molar-refractivity contribution is -0.142. The van der Waals surface area contributed by atoms with Crippen molar-refractivity contribution in [3.05, 3.63) is 39.8 Å². The number of fused-ring (bicyclic) bond motifs is 3. The van der Waals surface area contributed by atoms with Crippen molar-refractivity contribution in [2.24, 2.45) is 0 Å². The Morgan fingerprint density at radius 1 is 1.17 bits per heavy atom. The number of nitrogens with one attached hydrogen (secondary N) is 1. The Bertz CT molecular complexity index is 1260. The first-order valence-corrected chi connectivity index (χ1v) is 10.6. The van der Waals surface area contributed by atoms with Crippen molar-refractivity contribution in [2.45, 2.75) is 52.0 Å². The highest BCUT2D eigenvalue weighted by Crippen LogP contribution is 2.57. The fourth-order valence-corrected chi connectivity index (χ4v) is 4.32. The van der Waals surface area contributed by atoms with Gasteiger partial charge in [-0.2, -0.15) is 0 Å². The van der Waals surface area contributed by atoms with Gasteiger partial charge in [0.25, 0.3) is 0 Å². The summed E-state index contributed by atoms with van der Waals surface area (Å²) in [6, 6.07) is -1.30. The molecule has 1 aromatic carbocycles. The van der Waals surface area contributed by atoms with E-state index < -0.39 is 52.2 Å². The van der Waals surface area contributed by atoms with Crippen LogP contribution in [0.5, 0.6) is 17.2 Å². The van der Waals surface area contributed by atoms with Crippen LogP contribution >= 0.6 is 0 Å². The second kappa shape index (κ2) is 8.90. The van der Waals surface area contributed by atoms with E-state index in [1.54, 1.807) is 0 Å². The lowest BCUT2D eigenvalue weighted by atomic mass is 9.70. The Morgan fingerprint density at radius 3 is 2.34 bits per heavy atom. The molecule has 0 fully saturated rings. The van der Waals surface area contributed by atoms with Crippen molar-refractivity contribution in [1.29, 1.82) is 0 Å². The Balaban J connectivity index is 2.13. The standard InChI is InChI=1S/C24H25NO10/c1-9-19(29)17(11(3)26)21-18(20(9)30)24(4)14(35-21)8-13(27)16(22(24)31)10(2)25-12(23(32)33)6-7-15(28)34-5/h8,12,25,29-30H,6-7H2,1-5H3,(H,32,33)/b16-10+/t12-,24-/m0/s1. The van der Waals surface area contributed by atoms with Crippen LogP contribution in [0.4, 0.5) is 0 Å². The van der Waals surface area contributed by atoms with Gasteiger partial charge in [0.05, 0.1) is 18.2 Å². The fourth-order valence-electron chi connectivity index (χ4n) is 4.32. The number of phenolic OH excluding ortho intramolecular Hbond substituents is 2. The first-order chi connectivity index (χ1) is 16.3. The van der Waals surface area contributed by atoms with Gasteiger partial charge in [-0.3, -0.25) is 19.2 Å². The van der Waals surface area contributed by atoms with E-state index in [1.165, 1.54) is 34.8 Å².